The molecule has 0 spiro atoms. The highest BCUT2D eigenvalue weighted by atomic mass is 35.5. The number of hydrogen-bond acceptors (Lipinski definition) is 2. The first-order valence-electron chi connectivity index (χ1n) is 8.45. The van der Waals surface area contributed by atoms with E-state index in [2.05, 4.69) is 10.2 Å². The van der Waals surface area contributed by atoms with Crippen LogP contribution in [0.3, 0.4) is 0 Å². The largest absolute Gasteiger partial charge is 0.359 e. The van der Waals surface area contributed by atoms with Gasteiger partial charge in [-0.15, -0.1) is 0 Å². The molecule has 1 atom stereocenters. The van der Waals surface area contributed by atoms with Crippen molar-refractivity contribution in [2.24, 2.45) is 0 Å². The molecule has 1 aliphatic heterocycles. The summed E-state index contributed by atoms with van der Waals surface area (Å²) in [6.45, 7) is 5.56. The summed E-state index contributed by atoms with van der Waals surface area (Å²) in [7, 11) is 0. The van der Waals surface area contributed by atoms with E-state index >= 15 is 0 Å². The Morgan fingerprint density at radius 2 is 1.72 bits per heavy atom. The summed E-state index contributed by atoms with van der Waals surface area (Å²) in [6, 6.07) is 15.0. The Bertz CT molecular complexity index is 728. The Morgan fingerprint density at radius 1 is 1.08 bits per heavy atom. The van der Waals surface area contributed by atoms with E-state index in [1.165, 1.54) is 4.90 Å². The van der Waals surface area contributed by atoms with E-state index in [1.54, 1.807) is 12.1 Å². The molecule has 0 saturated carbocycles. The Kier molecular flexibility index (Phi) is 5.84. The summed E-state index contributed by atoms with van der Waals surface area (Å²) in [5.41, 5.74) is 1.84. The van der Waals surface area contributed by atoms with E-state index in [9.17, 15) is 4.79 Å². The van der Waals surface area contributed by atoms with Crippen molar-refractivity contribution in [2.75, 3.05) is 36.4 Å². The summed E-state index contributed by atoms with van der Waals surface area (Å²) in [4.78, 5) is 16.1. The maximum absolute atomic E-state index is 12.5. The third-order valence-corrected chi connectivity index (χ3v) is 5.29. The lowest BCUT2D eigenvalue weighted by Crippen LogP contribution is -3.19. The van der Waals surface area contributed by atoms with Gasteiger partial charge in [-0.2, -0.15) is 0 Å². The maximum Gasteiger partial charge on any atom is 0.282 e. The van der Waals surface area contributed by atoms with Crippen LogP contribution >= 0.6 is 23.2 Å². The Balaban J connectivity index is 1.56. The van der Waals surface area contributed by atoms with Crippen LogP contribution in [0, 0.1) is 0 Å². The minimum atomic E-state index is -0.107. The number of carbonyl (C=O) groups excluding carboxylic acids is 1. The van der Waals surface area contributed by atoms with Crippen molar-refractivity contribution < 1.29 is 9.69 Å². The third kappa shape index (κ3) is 4.46. The van der Waals surface area contributed by atoms with Gasteiger partial charge in [0.2, 0.25) is 0 Å². The first kappa shape index (κ1) is 18.1. The van der Waals surface area contributed by atoms with E-state index in [-0.39, 0.29) is 11.9 Å². The molecule has 1 saturated heterocycles. The third-order valence-electron chi connectivity index (χ3n) is 4.72. The summed E-state index contributed by atoms with van der Waals surface area (Å²) < 4.78 is 0. The number of nitrogens with one attached hydrogen (secondary N) is 2. The number of hydrogen-bond donors (Lipinski definition) is 2. The molecule has 4 nitrogen and oxygen atoms in total. The molecule has 0 aromatic heterocycles. The fraction of sp³-hybridized carbons (Fsp3) is 0.316. The molecule has 1 amide bonds. The van der Waals surface area contributed by atoms with E-state index in [1.807, 2.05) is 43.3 Å². The molecule has 2 N–H and O–H groups in total. The highest BCUT2D eigenvalue weighted by Gasteiger charge is 2.29. The van der Waals surface area contributed by atoms with Gasteiger partial charge in [-0.05, 0) is 43.3 Å². The first-order valence-corrected chi connectivity index (χ1v) is 9.20. The molecule has 3 rings (SSSR count). The molecule has 2 aromatic carbocycles. The fourth-order valence-electron chi connectivity index (χ4n) is 3.15. The molecule has 25 heavy (non-hydrogen) atoms. The Hall–Kier alpha value is -1.75. The second-order valence-electron chi connectivity index (χ2n) is 6.31. The van der Waals surface area contributed by atoms with Gasteiger partial charge in [-0.3, -0.25) is 4.79 Å². The second kappa shape index (κ2) is 8.09. The highest BCUT2D eigenvalue weighted by molar-refractivity contribution is 6.33. The number of carbonyl (C=O) groups is 1. The van der Waals surface area contributed by atoms with Crippen LogP contribution < -0.4 is 15.1 Å². The number of quaternary nitrogens is 1. The summed E-state index contributed by atoms with van der Waals surface area (Å²) >= 11 is 12.2. The number of rotatable bonds is 4. The lowest BCUT2D eigenvalue weighted by atomic mass is 10.2. The lowest BCUT2D eigenvalue weighted by molar-refractivity contribution is -0.914. The molecular weight excluding hydrogens is 357 g/mol. The number of halogens is 2. The normalized spacial score (nSPS) is 16.5. The minimum Gasteiger partial charge on any atom is -0.359 e. The maximum atomic E-state index is 12.5. The van der Waals surface area contributed by atoms with Crippen molar-refractivity contribution in [2.45, 2.75) is 13.0 Å². The standard InChI is InChI=1S/C19H21Cl2N3O/c1-14(19(25)22-16-8-6-15(20)7-9-16)23-10-12-24(13-11-23)18-5-3-2-4-17(18)21/h2-9,14H,10-13H2,1H3,(H,22,25)/p+1/t14-/m1/s1. The quantitative estimate of drug-likeness (QED) is 0.857. The fourth-order valence-corrected chi connectivity index (χ4v) is 3.53. The number of anilines is 2. The van der Waals surface area contributed by atoms with Gasteiger partial charge in [0.1, 0.15) is 0 Å². The molecule has 6 heteroatoms. The van der Waals surface area contributed by atoms with Crippen LogP contribution in [0.2, 0.25) is 10.0 Å². The van der Waals surface area contributed by atoms with E-state index < -0.39 is 0 Å². The Morgan fingerprint density at radius 3 is 2.36 bits per heavy atom. The van der Waals surface area contributed by atoms with Gasteiger partial charge in [-0.25, -0.2) is 0 Å². The van der Waals surface area contributed by atoms with Crippen LogP contribution in [0.25, 0.3) is 0 Å². The smallest absolute Gasteiger partial charge is 0.282 e. The number of nitrogens with zero attached hydrogens (tertiary/aromatic N) is 1. The van der Waals surface area contributed by atoms with Gasteiger partial charge in [0, 0.05) is 10.7 Å². The predicted octanol–water partition coefficient (Wildman–Crippen LogP) is 2.73. The number of para-hydroxylation sites is 1. The molecule has 1 heterocycles. The van der Waals surface area contributed by atoms with Crippen molar-refractivity contribution in [1.29, 1.82) is 0 Å². The molecule has 2 aromatic rings. The first-order chi connectivity index (χ1) is 12.0. The van der Waals surface area contributed by atoms with E-state index in [0.717, 1.165) is 42.6 Å². The van der Waals surface area contributed by atoms with Crippen LogP contribution in [0.5, 0.6) is 0 Å². The highest BCUT2D eigenvalue weighted by Crippen LogP contribution is 2.24. The zero-order chi connectivity index (χ0) is 17.8. The van der Waals surface area contributed by atoms with Crippen molar-refractivity contribution in [3.63, 3.8) is 0 Å². The summed E-state index contributed by atoms with van der Waals surface area (Å²) in [5, 5.41) is 4.40. The van der Waals surface area contributed by atoms with Gasteiger partial charge < -0.3 is 15.1 Å². The Labute approximate surface area is 158 Å². The lowest BCUT2D eigenvalue weighted by Gasteiger charge is -2.36. The van der Waals surface area contributed by atoms with Crippen LogP contribution in [0.1, 0.15) is 6.92 Å². The van der Waals surface area contributed by atoms with Crippen LogP contribution in [0.4, 0.5) is 11.4 Å². The van der Waals surface area contributed by atoms with Gasteiger partial charge in [0.25, 0.3) is 5.91 Å². The molecule has 0 aliphatic carbocycles. The van der Waals surface area contributed by atoms with Crippen LogP contribution in [-0.2, 0) is 4.79 Å². The zero-order valence-corrected chi connectivity index (χ0v) is 15.6. The average Bonchev–Trinajstić information content (AvgIpc) is 2.63. The molecule has 0 bridgehead atoms. The van der Waals surface area contributed by atoms with Crippen molar-refractivity contribution >= 4 is 40.5 Å². The molecular formula is C19H22Cl2N3O+. The SMILES string of the molecule is C[C@H](C(=O)Nc1ccc(Cl)cc1)[NH+]1CCN(c2ccccc2Cl)CC1. The van der Waals surface area contributed by atoms with E-state index in [0.29, 0.717) is 5.02 Å². The van der Waals surface area contributed by atoms with Crippen molar-refractivity contribution in [3.05, 3.63) is 58.6 Å². The van der Waals surface area contributed by atoms with Crippen molar-refractivity contribution in [1.82, 2.24) is 0 Å². The van der Waals surface area contributed by atoms with Gasteiger partial charge in [0.05, 0.1) is 36.9 Å². The topological polar surface area (TPSA) is 36.8 Å². The molecule has 0 radical (unpaired) electrons. The molecule has 0 unspecified atom stereocenters. The van der Waals surface area contributed by atoms with Gasteiger partial charge in [0.15, 0.2) is 6.04 Å². The number of benzene rings is 2. The number of amides is 1. The minimum absolute atomic E-state index is 0.0310. The van der Waals surface area contributed by atoms with Gasteiger partial charge >= 0.3 is 0 Å². The van der Waals surface area contributed by atoms with Gasteiger partial charge in [-0.1, -0.05) is 35.3 Å². The van der Waals surface area contributed by atoms with Crippen LogP contribution in [0.15, 0.2) is 48.5 Å². The predicted molar refractivity (Wildman–Crippen MR) is 104 cm³/mol. The molecule has 1 aliphatic rings. The van der Waals surface area contributed by atoms with Crippen molar-refractivity contribution in [3.8, 4) is 0 Å². The molecule has 132 valence electrons. The molecule has 1 fully saturated rings. The average molecular weight is 379 g/mol. The number of piperazine rings is 1. The monoisotopic (exact) mass is 378 g/mol. The van der Waals surface area contributed by atoms with Crippen LogP contribution in [-0.4, -0.2) is 38.1 Å². The summed E-state index contributed by atoms with van der Waals surface area (Å²) in [6.07, 6.45) is 0. The zero-order valence-electron chi connectivity index (χ0n) is 14.1. The van der Waals surface area contributed by atoms with E-state index in [4.69, 9.17) is 23.2 Å². The second-order valence-corrected chi connectivity index (χ2v) is 7.16. The summed E-state index contributed by atoms with van der Waals surface area (Å²) in [5.74, 6) is 0.0310.